The fourth-order valence-corrected chi connectivity index (χ4v) is 12.2. The van der Waals surface area contributed by atoms with Crippen molar-refractivity contribution >= 4 is 22.7 Å². The minimum atomic E-state index is 0.845. The highest BCUT2D eigenvalue weighted by Gasteiger charge is 2.29. The molecule has 73 heavy (non-hydrogen) atoms. The quantitative estimate of drug-likeness (QED) is 0.127. The van der Waals surface area contributed by atoms with E-state index in [-0.39, 0.29) is 0 Å². The first-order valence-corrected chi connectivity index (χ1v) is 26.9. The summed E-state index contributed by atoms with van der Waals surface area (Å²) in [4.78, 5) is 5.12. The molecule has 0 aliphatic carbocycles. The summed E-state index contributed by atoms with van der Waals surface area (Å²) in [6.07, 6.45) is 2.91. The Morgan fingerprint density at radius 1 is 0.315 bits per heavy atom. The van der Waals surface area contributed by atoms with Gasteiger partial charge in [-0.15, -0.1) is 0 Å². The van der Waals surface area contributed by atoms with Gasteiger partial charge in [-0.2, -0.15) is 9.13 Å². The van der Waals surface area contributed by atoms with Crippen molar-refractivity contribution in [3.8, 4) is 0 Å². The fourth-order valence-electron chi connectivity index (χ4n) is 12.2. The van der Waals surface area contributed by atoms with E-state index in [0.29, 0.717) is 0 Å². The largest absolute Gasteiger partial charge is 0.336 e. The monoisotopic (exact) mass is 963 g/mol. The molecule has 10 rings (SSSR count). The Balaban J connectivity index is 0.861. The maximum absolute atomic E-state index is 2.56. The van der Waals surface area contributed by atoms with Crippen LogP contribution in [0.2, 0.25) is 0 Å². The molecular weight excluding hydrogens is 885 g/mol. The van der Waals surface area contributed by atoms with Crippen molar-refractivity contribution in [2.45, 2.75) is 156 Å². The van der Waals surface area contributed by atoms with Gasteiger partial charge in [-0.3, -0.25) is 0 Å². The molecule has 0 radical (unpaired) electrons. The molecule has 0 atom stereocenters. The number of fused-ring (bicyclic) bond motifs is 4. The van der Waals surface area contributed by atoms with Crippen molar-refractivity contribution in [1.29, 1.82) is 0 Å². The maximum Gasteiger partial charge on any atom is 0.181 e. The lowest BCUT2D eigenvalue weighted by Gasteiger charge is -2.35. The zero-order chi connectivity index (χ0) is 51.9. The summed E-state index contributed by atoms with van der Waals surface area (Å²) in [5.41, 5.74) is 41.2. The summed E-state index contributed by atoms with van der Waals surface area (Å²) in [5.74, 6) is 0. The molecule has 2 aliphatic rings. The second kappa shape index (κ2) is 19.2. The molecule has 372 valence electrons. The van der Waals surface area contributed by atoms with Gasteiger partial charge in [-0.1, -0.05) is 72.8 Å². The third-order valence-electron chi connectivity index (χ3n) is 18.1. The standard InChI is InChI=1S/C69H78N4/c1-40-25-60-33-61-26-41(2)45(6)30-67(61)72(66(60)29-44(40)5)38-58-21-17-56(18-22-58)36-70-52(13)48(9)64(49(10)53(70)14)35-65-50(11)54(15)71(55(16)51(65)12)37-57-19-23-59(24-20-57)39-73-68-31-46(7)42(3)27-62(68)34-63-28-43(4)47(8)32-69(63)73/h17-32H,33-39H2,1-16H3/q+2. The molecule has 4 heteroatoms. The van der Waals surface area contributed by atoms with E-state index in [1.165, 1.54) is 168 Å². The summed E-state index contributed by atoms with van der Waals surface area (Å²) >= 11 is 0. The van der Waals surface area contributed by atoms with Gasteiger partial charge >= 0.3 is 0 Å². The molecule has 4 heterocycles. The van der Waals surface area contributed by atoms with Crippen molar-refractivity contribution in [2.75, 3.05) is 9.80 Å². The highest BCUT2D eigenvalue weighted by molar-refractivity contribution is 5.78. The first kappa shape index (κ1) is 49.8. The Hall–Kier alpha value is -6.78. The van der Waals surface area contributed by atoms with Crippen LogP contribution in [0.4, 0.5) is 22.7 Å². The molecule has 0 N–H and O–H groups in total. The number of nitrogens with zero attached hydrogens (tertiary/aromatic N) is 4. The Morgan fingerprint density at radius 2 is 0.548 bits per heavy atom. The van der Waals surface area contributed by atoms with E-state index in [4.69, 9.17) is 0 Å². The van der Waals surface area contributed by atoms with Crippen LogP contribution < -0.4 is 18.9 Å². The van der Waals surface area contributed by atoms with E-state index in [2.05, 4.69) is 227 Å². The average molecular weight is 963 g/mol. The predicted molar refractivity (Wildman–Crippen MR) is 306 cm³/mol. The number of benzene rings is 6. The Labute approximate surface area is 438 Å². The normalized spacial score (nSPS) is 12.8. The lowest BCUT2D eigenvalue weighted by Crippen LogP contribution is -2.43. The number of anilines is 4. The van der Waals surface area contributed by atoms with Gasteiger partial charge in [0, 0.05) is 110 Å². The number of hydrogen-bond acceptors (Lipinski definition) is 2. The van der Waals surface area contributed by atoms with E-state index in [1.807, 2.05) is 0 Å². The lowest BCUT2D eigenvalue weighted by atomic mass is 9.89. The zero-order valence-corrected chi connectivity index (χ0v) is 47.0. The second-order valence-electron chi connectivity index (χ2n) is 22.6. The summed E-state index contributed by atoms with van der Waals surface area (Å²) < 4.78 is 5.09. The Bertz CT molecular complexity index is 3130. The summed E-state index contributed by atoms with van der Waals surface area (Å²) in [7, 11) is 0. The summed E-state index contributed by atoms with van der Waals surface area (Å²) in [6.45, 7) is 40.0. The van der Waals surface area contributed by atoms with Gasteiger partial charge in [0.05, 0.1) is 0 Å². The van der Waals surface area contributed by atoms with Crippen molar-refractivity contribution in [1.82, 2.24) is 0 Å². The van der Waals surface area contributed by atoms with Crippen molar-refractivity contribution in [3.63, 3.8) is 0 Å². The molecule has 0 saturated heterocycles. The third kappa shape index (κ3) is 9.10. The third-order valence-corrected chi connectivity index (χ3v) is 18.1. The molecule has 0 spiro atoms. The average Bonchev–Trinajstić information content (AvgIpc) is 3.36. The molecule has 0 amide bonds. The van der Waals surface area contributed by atoms with E-state index >= 15 is 0 Å². The van der Waals surface area contributed by atoms with Gasteiger partial charge in [-0.25, -0.2) is 0 Å². The predicted octanol–water partition coefficient (Wildman–Crippen LogP) is 15.4. The molecule has 0 unspecified atom stereocenters. The van der Waals surface area contributed by atoms with E-state index < -0.39 is 0 Å². The number of hydrogen-bond donors (Lipinski definition) is 0. The van der Waals surface area contributed by atoms with Gasteiger partial charge in [0.1, 0.15) is 0 Å². The molecular formula is C69H78N4+2. The molecule has 2 aromatic heterocycles. The van der Waals surface area contributed by atoms with Gasteiger partial charge in [0.25, 0.3) is 0 Å². The Kier molecular flexibility index (Phi) is 13.1. The second-order valence-corrected chi connectivity index (χ2v) is 22.6. The minimum absolute atomic E-state index is 0.845. The lowest BCUT2D eigenvalue weighted by molar-refractivity contribution is -0.700. The van der Waals surface area contributed by atoms with E-state index in [9.17, 15) is 0 Å². The molecule has 0 fully saturated rings. The minimum Gasteiger partial charge on any atom is -0.336 e. The maximum atomic E-state index is 2.56. The first-order valence-electron chi connectivity index (χ1n) is 26.9. The molecule has 0 saturated carbocycles. The molecule has 8 aromatic rings. The highest BCUT2D eigenvalue weighted by Crippen LogP contribution is 2.44. The topological polar surface area (TPSA) is 14.2 Å². The van der Waals surface area contributed by atoms with Crippen LogP contribution in [0.15, 0.2) is 97.1 Å². The Morgan fingerprint density at radius 3 is 0.808 bits per heavy atom. The SMILES string of the molecule is Cc1cc2c(cc1C)N(Cc1ccc(C[n+]3c(C)c(C)c(Cc4c(C)c(C)[n+](Cc5ccc(CN6c7cc(C)c(C)cc7Cc7cc(C)c(C)cc76)cc5)c(C)c4C)c(C)c3C)cc1)c1cc(C)c(C)cc1C2. The number of aryl methyl sites for hydroxylation is 8. The first-order chi connectivity index (χ1) is 34.8. The van der Waals surface area contributed by atoms with Crippen LogP contribution in [0.5, 0.6) is 0 Å². The van der Waals surface area contributed by atoms with E-state index in [1.54, 1.807) is 0 Å². The van der Waals surface area contributed by atoms with Crippen LogP contribution in [0.25, 0.3) is 0 Å². The van der Waals surface area contributed by atoms with Gasteiger partial charge < -0.3 is 9.80 Å². The van der Waals surface area contributed by atoms with Crippen LogP contribution in [0, 0.1) is 111 Å². The van der Waals surface area contributed by atoms with E-state index in [0.717, 1.165) is 45.4 Å². The van der Waals surface area contributed by atoms with Crippen molar-refractivity contribution < 1.29 is 9.13 Å². The van der Waals surface area contributed by atoms with Crippen LogP contribution in [-0.2, 0) is 45.4 Å². The van der Waals surface area contributed by atoms with Crippen molar-refractivity contribution in [2.24, 2.45) is 0 Å². The summed E-state index contributed by atoms with van der Waals surface area (Å²) in [5, 5.41) is 0. The van der Waals surface area contributed by atoms with Crippen molar-refractivity contribution in [3.05, 3.63) is 242 Å². The van der Waals surface area contributed by atoms with Crippen LogP contribution in [-0.4, -0.2) is 0 Å². The molecule has 4 nitrogen and oxygen atoms in total. The highest BCUT2D eigenvalue weighted by atomic mass is 15.2. The van der Waals surface area contributed by atoms with Gasteiger partial charge in [-0.05, 0) is 203 Å². The molecule has 6 aromatic carbocycles. The molecule has 0 bridgehead atoms. The van der Waals surface area contributed by atoms with Crippen LogP contribution >= 0.6 is 0 Å². The number of rotatable bonds is 10. The zero-order valence-electron chi connectivity index (χ0n) is 47.0. The van der Waals surface area contributed by atoms with Crippen LogP contribution in [0.3, 0.4) is 0 Å². The van der Waals surface area contributed by atoms with Gasteiger partial charge in [0.2, 0.25) is 0 Å². The van der Waals surface area contributed by atoms with Crippen LogP contribution in [0.1, 0.15) is 145 Å². The fraction of sp³-hybridized carbons (Fsp3) is 0.333. The smallest absolute Gasteiger partial charge is 0.181 e. The number of pyridine rings is 2. The van der Waals surface area contributed by atoms with Gasteiger partial charge in [0.15, 0.2) is 35.9 Å². The molecule has 2 aliphatic heterocycles. The summed E-state index contributed by atoms with van der Waals surface area (Å²) in [6, 6.07) is 38.1. The number of aromatic nitrogens is 2.